The molecule has 1 aromatic carbocycles. The summed E-state index contributed by atoms with van der Waals surface area (Å²) in [5, 5.41) is 15.9. The molecule has 1 amide bonds. The smallest absolute Gasteiger partial charge is 0.264 e. The van der Waals surface area contributed by atoms with Crippen LogP contribution in [-0.2, 0) is 11.3 Å². The number of carbonyl (C=O) groups is 1. The van der Waals surface area contributed by atoms with Gasteiger partial charge in [-0.1, -0.05) is 18.2 Å². The summed E-state index contributed by atoms with van der Waals surface area (Å²) >= 11 is 0. The Morgan fingerprint density at radius 1 is 1.12 bits per heavy atom. The van der Waals surface area contributed by atoms with Crippen molar-refractivity contribution < 1.29 is 9.90 Å². The first-order chi connectivity index (χ1) is 16.4. The van der Waals surface area contributed by atoms with Gasteiger partial charge in [0.05, 0.1) is 24.0 Å². The molecule has 1 aliphatic heterocycles. The molecule has 9 nitrogen and oxygen atoms in total. The van der Waals surface area contributed by atoms with Gasteiger partial charge in [-0.25, -0.2) is 9.67 Å². The molecule has 4 aromatic rings. The monoisotopic (exact) mass is 460 g/mol. The zero-order chi connectivity index (χ0) is 23.7. The molecular weight excluding hydrogens is 432 g/mol. The predicted octanol–water partition coefficient (Wildman–Crippen LogP) is 2.39. The Morgan fingerprint density at radius 2 is 1.82 bits per heavy atom. The maximum Gasteiger partial charge on any atom is 0.264 e. The van der Waals surface area contributed by atoms with Crippen molar-refractivity contribution in [1.29, 1.82) is 0 Å². The van der Waals surface area contributed by atoms with Crippen molar-refractivity contribution in [3.63, 3.8) is 0 Å². The second-order valence-corrected chi connectivity index (χ2v) is 9.10. The van der Waals surface area contributed by atoms with Crippen LogP contribution in [0.15, 0.2) is 72.2 Å². The molecule has 3 aromatic heterocycles. The quantitative estimate of drug-likeness (QED) is 0.476. The van der Waals surface area contributed by atoms with Gasteiger partial charge in [0.25, 0.3) is 5.56 Å². The van der Waals surface area contributed by atoms with Gasteiger partial charge in [-0.05, 0) is 44.0 Å². The number of rotatable bonds is 6. The summed E-state index contributed by atoms with van der Waals surface area (Å²) in [6.45, 7) is 3.08. The van der Waals surface area contributed by atoms with Crippen molar-refractivity contribution in [2.45, 2.75) is 44.4 Å². The first-order valence-electron chi connectivity index (χ1n) is 11.5. The molecule has 1 atom stereocenters. The Hall–Kier alpha value is -3.72. The van der Waals surface area contributed by atoms with E-state index >= 15 is 0 Å². The number of aliphatic hydroxyl groups is 1. The summed E-state index contributed by atoms with van der Waals surface area (Å²) in [5.41, 5.74) is -0.00233. The van der Waals surface area contributed by atoms with E-state index in [1.165, 1.54) is 17.1 Å². The van der Waals surface area contributed by atoms with Crippen LogP contribution in [0.25, 0.3) is 16.7 Å². The van der Waals surface area contributed by atoms with Gasteiger partial charge in [0.1, 0.15) is 11.7 Å². The lowest BCUT2D eigenvalue weighted by atomic mass is 9.91. The zero-order valence-electron chi connectivity index (χ0n) is 19.1. The topological polar surface area (TPSA) is 98.2 Å². The van der Waals surface area contributed by atoms with Crippen molar-refractivity contribution in [2.75, 3.05) is 13.1 Å². The van der Waals surface area contributed by atoms with E-state index in [1.54, 1.807) is 4.68 Å². The molecular formula is C25H28N6O3. The Balaban J connectivity index is 1.26. The Bertz CT molecular complexity index is 1330. The highest BCUT2D eigenvalue weighted by molar-refractivity contribution is 5.77. The minimum Gasteiger partial charge on any atom is -0.388 e. The van der Waals surface area contributed by atoms with Gasteiger partial charge >= 0.3 is 0 Å². The van der Waals surface area contributed by atoms with Gasteiger partial charge in [-0.15, -0.1) is 0 Å². The number of para-hydroxylation sites is 1. The van der Waals surface area contributed by atoms with Crippen molar-refractivity contribution >= 4 is 16.9 Å². The Labute approximate surface area is 196 Å². The highest BCUT2D eigenvalue weighted by Gasteiger charge is 2.35. The third-order valence-electron chi connectivity index (χ3n) is 6.67. The molecule has 1 fully saturated rings. The van der Waals surface area contributed by atoms with Gasteiger partial charge in [0.2, 0.25) is 5.91 Å². The second kappa shape index (κ2) is 8.90. The minimum absolute atomic E-state index is 0.0801. The Kier molecular flexibility index (Phi) is 5.79. The molecule has 0 bridgehead atoms. The molecule has 4 heterocycles. The number of aromatic nitrogens is 5. The molecule has 1 N–H and O–H groups in total. The molecule has 1 aliphatic rings. The van der Waals surface area contributed by atoms with E-state index in [2.05, 4.69) is 10.1 Å². The van der Waals surface area contributed by atoms with E-state index in [1.807, 2.05) is 71.2 Å². The Morgan fingerprint density at radius 3 is 2.53 bits per heavy atom. The molecule has 9 heteroatoms. The minimum atomic E-state index is -1.07. The van der Waals surface area contributed by atoms with Crippen molar-refractivity contribution in [3.05, 3.63) is 77.7 Å². The number of piperidine rings is 1. The standard InChI is InChI=1S/C25H28N6O3/c1-19(28-11-5-6-12-28)15-22(32)29-13-9-25(34,10-14-29)17-30-18-26-23-21(24(30)33)16-27-31(23)20-7-3-2-4-8-20/h2-8,11-12,16,18-19,34H,9-10,13-15,17H2,1H3/t19-/m1/s1. The van der Waals surface area contributed by atoms with Gasteiger partial charge in [-0.2, -0.15) is 5.10 Å². The zero-order valence-corrected chi connectivity index (χ0v) is 19.1. The summed E-state index contributed by atoms with van der Waals surface area (Å²) in [4.78, 5) is 32.1. The van der Waals surface area contributed by atoms with E-state index in [0.717, 1.165) is 5.69 Å². The largest absolute Gasteiger partial charge is 0.388 e. The first-order valence-corrected chi connectivity index (χ1v) is 11.5. The van der Waals surface area contributed by atoms with Crippen LogP contribution < -0.4 is 5.56 Å². The third-order valence-corrected chi connectivity index (χ3v) is 6.67. The van der Waals surface area contributed by atoms with E-state index in [9.17, 15) is 14.7 Å². The summed E-state index contributed by atoms with van der Waals surface area (Å²) in [5.74, 6) is 0.0804. The average Bonchev–Trinajstić information content (AvgIpc) is 3.53. The third kappa shape index (κ3) is 4.26. The number of nitrogens with zero attached hydrogens (tertiary/aromatic N) is 6. The van der Waals surface area contributed by atoms with Crippen LogP contribution in [0.3, 0.4) is 0 Å². The first kappa shape index (κ1) is 22.1. The van der Waals surface area contributed by atoms with Gasteiger partial charge in [0, 0.05) is 37.9 Å². The van der Waals surface area contributed by atoms with Crippen LogP contribution in [0.5, 0.6) is 0 Å². The van der Waals surface area contributed by atoms with Crippen molar-refractivity contribution in [3.8, 4) is 5.69 Å². The number of amides is 1. The molecule has 34 heavy (non-hydrogen) atoms. The summed E-state index contributed by atoms with van der Waals surface area (Å²) in [7, 11) is 0. The second-order valence-electron chi connectivity index (χ2n) is 9.10. The lowest BCUT2D eigenvalue weighted by Gasteiger charge is -2.38. The number of fused-ring (bicyclic) bond motifs is 1. The number of benzene rings is 1. The molecule has 0 unspecified atom stereocenters. The van der Waals surface area contributed by atoms with Crippen LogP contribution in [0.4, 0.5) is 0 Å². The maximum atomic E-state index is 13.1. The fourth-order valence-corrected chi connectivity index (χ4v) is 4.60. The maximum absolute atomic E-state index is 13.1. The summed E-state index contributed by atoms with van der Waals surface area (Å²) < 4.78 is 5.10. The molecule has 0 saturated carbocycles. The fraction of sp³-hybridized carbons (Fsp3) is 0.360. The SMILES string of the molecule is C[C@H](CC(=O)N1CCC(O)(Cn2cnc3c(cnn3-c3ccccc3)c2=O)CC1)n1cccc1. The average molecular weight is 461 g/mol. The lowest BCUT2D eigenvalue weighted by Crippen LogP contribution is -2.49. The lowest BCUT2D eigenvalue weighted by molar-refractivity contribution is -0.136. The molecule has 0 spiro atoms. The molecule has 0 aliphatic carbocycles. The van der Waals surface area contributed by atoms with Crippen LogP contribution in [-0.4, -0.2) is 58.5 Å². The number of likely N-dealkylation sites (tertiary alicyclic amines) is 1. The number of hydrogen-bond donors (Lipinski definition) is 1. The van der Waals surface area contributed by atoms with Gasteiger partial charge in [0.15, 0.2) is 5.65 Å². The molecule has 1 saturated heterocycles. The normalized spacial score (nSPS) is 16.6. The highest BCUT2D eigenvalue weighted by atomic mass is 16.3. The van der Waals surface area contributed by atoms with Crippen molar-refractivity contribution in [2.24, 2.45) is 0 Å². The molecule has 5 rings (SSSR count). The van der Waals surface area contributed by atoms with Gasteiger partial charge in [-0.3, -0.25) is 14.2 Å². The van der Waals surface area contributed by atoms with Crippen LogP contribution in [0.1, 0.15) is 32.2 Å². The van der Waals surface area contributed by atoms with E-state index in [4.69, 9.17) is 0 Å². The highest BCUT2D eigenvalue weighted by Crippen LogP contribution is 2.25. The van der Waals surface area contributed by atoms with E-state index in [-0.39, 0.29) is 24.1 Å². The van der Waals surface area contributed by atoms with Crippen LogP contribution >= 0.6 is 0 Å². The summed E-state index contributed by atoms with van der Waals surface area (Å²) in [6, 6.07) is 13.5. The molecule has 0 radical (unpaired) electrons. The number of hydrogen-bond acceptors (Lipinski definition) is 5. The van der Waals surface area contributed by atoms with Gasteiger partial charge < -0.3 is 14.6 Å². The number of carbonyl (C=O) groups excluding carboxylic acids is 1. The van der Waals surface area contributed by atoms with E-state index in [0.29, 0.717) is 43.4 Å². The molecule has 176 valence electrons. The van der Waals surface area contributed by atoms with E-state index < -0.39 is 5.60 Å². The van der Waals surface area contributed by atoms with Crippen LogP contribution in [0, 0.1) is 0 Å². The van der Waals surface area contributed by atoms with Crippen molar-refractivity contribution in [1.82, 2.24) is 28.8 Å². The van der Waals surface area contributed by atoms with Crippen LogP contribution in [0.2, 0.25) is 0 Å². The fourth-order valence-electron chi connectivity index (χ4n) is 4.60. The summed E-state index contributed by atoms with van der Waals surface area (Å²) in [6.07, 6.45) is 8.14. The predicted molar refractivity (Wildman–Crippen MR) is 128 cm³/mol.